The van der Waals surface area contributed by atoms with Gasteiger partial charge in [0, 0.05) is 52.1 Å². The molecule has 0 saturated heterocycles. The van der Waals surface area contributed by atoms with E-state index in [1.165, 1.54) is 0 Å². The summed E-state index contributed by atoms with van der Waals surface area (Å²) in [5, 5.41) is 3.36. The summed E-state index contributed by atoms with van der Waals surface area (Å²) in [5.41, 5.74) is 0. The largest absolute Gasteiger partial charge is 0.488 e. The van der Waals surface area contributed by atoms with Gasteiger partial charge in [-0.05, 0) is 31.0 Å². The molecule has 0 heterocycles. The second-order valence-electron chi connectivity index (χ2n) is 10.3. The molecule has 0 radical (unpaired) electrons. The highest BCUT2D eigenvalue weighted by molar-refractivity contribution is 9.10. The first-order chi connectivity index (χ1) is 20.9. The van der Waals surface area contributed by atoms with Gasteiger partial charge < -0.3 is 28.4 Å². The maximum Gasteiger partial charge on any atom is 0.305 e. The summed E-state index contributed by atoms with van der Waals surface area (Å²) in [5.74, 6) is 0.716. The fourth-order valence-electron chi connectivity index (χ4n) is 4.43. The Morgan fingerprint density at radius 2 is 1.12 bits per heavy atom. The van der Waals surface area contributed by atoms with Crippen molar-refractivity contribution in [3.8, 4) is 11.5 Å². The van der Waals surface area contributed by atoms with Gasteiger partial charge in [-0.1, -0.05) is 80.7 Å². The molecule has 3 aromatic carbocycles. The van der Waals surface area contributed by atoms with Crippen molar-refractivity contribution in [1.29, 1.82) is 0 Å². The number of carbonyl (C=O) groups excluding carboxylic acids is 2. The molecule has 3 rings (SSSR count). The average Bonchev–Trinajstić information content (AvgIpc) is 3.02. The highest BCUT2D eigenvalue weighted by atomic mass is 79.9. The maximum absolute atomic E-state index is 12.2. The quantitative estimate of drug-likeness (QED) is 0.0689. The zero-order valence-corrected chi connectivity index (χ0v) is 27.4. The first-order valence-electron chi connectivity index (χ1n) is 15.4. The van der Waals surface area contributed by atoms with E-state index >= 15 is 0 Å². The van der Waals surface area contributed by atoms with Crippen LogP contribution in [0.4, 0.5) is 0 Å². The number of hydrogen-bond acceptors (Lipinski definition) is 8. The fraction of sp³-hybridized carbons (Fsp3) is 0.529. The van der Waals surface area contributed by atoms with Crippen LogP contribution in [0.2, 0.25) is 0 Å². The minimum atomic E-state index is -0.553. The Hall–Kier alpha value is -2.88. The fourth-order valence-corrected chi connectivity index (χ4v) is 4.79. The van der Waals surface area contributed by atoms with Crippen molar-refractivity contribution >= 4 is 49.4 Å². The Kier molecular flexibility index (Phi) is 15.1. The number of halogens is 1. The van der Waals surface area contributed by atoms with Gasteiger partial charge in [-0.3, -0.25) is 9.59 Å². The lowest BCUT2D eigenvalue weighted by Gasteiger charge is -2.23. The first kappa shape index (κ1) is 34.6. The lowest BCUT2D eigenvalue weighted by Crippen LogP contribution is -2.30. The smallest absolute Gasteiger partial charge is 0.305 e. The molecule has 0 amide bonds. The van der Waals surface area contributed by atoms with Crippen LogP contribution in [0.3, 0.4) is 0 Å². The Labute approximate surface area is 263 Å². The normalized spacial score (nSPS) is 12.7. The van der Waals surface area contributed by atoms with Crippen LogP contribution < -0.4 is 9.47 Å². The maximum atomic E-state index is 12.2. The molecule has 0 aliphatic heterocycles. The third kappa shape index (κ3) is 10.7. The molecule has 43 heavy (non-hydrogen) atoms. The molecule has 0 bridgehead atoms. The van der Waals surface area contributed by atoms with E-state index in [0.717, 1.165) is 51.7 Å². The van der Waals surface area contributed by atoms with Gasteiger partial charge >= 0.3 is 11.9 Å². The van der Waals surface area contributed by atoms with Crippen LogP contribution in [0.15, 0.2) is 46.9 Å². The summed E-state index contributed by atoms with van der Waals surface area (Å²) < 4.78 is 36.6. The van der Waals surface area contributed by atoms with Crippen molar-refractivity contribution < 1.29 is 38.0 Å². The molecule has 2 atom stereocenters. The summed E-state index contributed by atoms with van der Waals surface area (Å²) in [4.78, 5) is 24.3. The Balaban J connectivity index is 1.94. The third-order valence-corrected chi connectivity index (χ3v) is 7.27. The van der Waals surface area contributed by atoms with Gasteiger partial charge in [0.25, 0.3) is 0 Å². The summed E-state index contributed by atoms with van der Waals surface area (Å²) in [6, 6.07) is 13.7. The van der Waals surface area contributed by atoms with Crippen LogP contribution >= 0.6 is 15.9 Å². The van der Waals surface area contributed by atoms with Crippen molar-refractivity contribution in [2.45, 2.75) is 78.4 Å². The topological polar surface area (TPSA) is 89.5 Å². The molecule has 8 nitrogen and oxygen atoms in total. The van der Waals surface area contributed by atoms with Crippen molar-refractivity contribution in [2.75, 3.05) is 39.6 Å². The Morgan fingerprint density at radius 1 is 0.651 bits per heavy atom. The number of hydrogen-bond donors (Lipinski definition) is 0. The van der Waals surface area contributed by atoms with E-state index in [4.69, 9.17) is 28.4 Å². The van der Waals surface area contributed by atoms with Gasteiger partial charge in [-0.2, -0.15) is 0 Å². The molecule has 0 aliphatic carbocycles. The first-order valence-corrected chi connectivity index (χ1v) is 16.1. The highest BCUT2D eigenvalue weighted by Gasteiger charge is 2.22. The van der Waals surface area contributed by atoms with Gasteiger partial charge in [0.05, 0.1) is 13.2 Å². The number of carbonyl (C=O) groups is 2. The van der Waals surface area contributed by atoms with Gasteiger partial charge in [0.2, 0.25) is 0 Å². The molecule has 2 unspecified atom stereocenters. The summed E-state index contributed by atoms with van der Waals surface area (Å²) in [7, 11) is 0. The second-order valence-corrected chi connectivity index (χ2v) is 11.2. The van der Waals surface area contributed by atoms with E-state index < -0.39 is 12.2 Å². The van der Waals surface area contributed by atoms with E-state index in [-0.39, 0.29) is 51.2 Å². The van der Waals surface area contributed by atoms with Crippen LogP contribution in [-0.4, -0.2) is 63.8 Å². The monoisotopic (exact) mass is 660 g/mol. The third-order valence-electron chi connectivity index (χ3n) is 6.78. The molecule has 9 heteroatoms. The van der Waals surface area contributed by atoms with E-state index in [9.17, 15) is 9.59 Å². The number of esters is 2. The molecule has 0 fully saturated rings. The standard InChI is InChI=1S/C34H45BrO8/c1-5-9-17-38-20-25(42-31(36)7-3)22-40-33-27-13-11-12-14-28(27)34(30-19-24(35)15-16-29(30)33)41-23-26(43-32(37)8-4)21-39-18-10-6-2/h11-16,19,25-26H,5-10,17-18,20-23H2,1-4H3. The van der Waals surface area contributed by atoms with Crippen molar-refractivity contribution in [2.24, 2.45) is 0 Å². The summed E-state index contributed by atoms with van der Waals surface area (Å²) in [6.45, 7) is 9.70. The second kappa shape index (κ2) is 18.7. The zero-order valence-electron chi connectivity index (χ0n) is 25.8. The van der Waals surface area contributed by atoms with E-state index in [2.05, 4.69) is 29.8 Å². The predicted octanol–water partition coefficient (Wildman–Crippen LogP) is 7.79. The van der Waals surface area contributed by atoms with Gasteiger partial charge in [0.15, 0.2) is 12.2 Å². The van der Waals surface area contributed by atoms with Crippen LogP contribution in [0.25, 0.3) is 21.5 Å². The summed E-state index contributed by atoms with van der Waals surface area (Å²) >= 11 is 3.60. The predicted molar refractivity (Wildman–Crippen MR) is 172 cm³/mol. The number of unbranched alkanes of at least 4 members (excludes halogenated alkanes) is 2. The van der Waals surface area contributed by atoms with Crippen molar-refractivity contribution in [1.82, 2.24) is 0 Å². The van der Waals surface area contributed by atoms with Crippen molar-refractivity contribution in [3.05, 3.63) is 46.9 Å². The molecular formula is C34H45BrO8. The SMILES string of the molecule is CCCCOCC(COc1c2ccccc2c(OCC(COCCCC)OC(=O)CC)c2cc(Br)ccc12)OC(=O)CC. The molecule has 0 aliphatic rings. The van der Waals surface area contributed by atoms with Crippen LogP contribution in [0, 0.1) is 0 Å². The number of fused-ring (bicyclic) bond motifs is 2. The minimum Gasteiger partial charge on any atom is -0.488 e. The minimum absolute atomic E-state index is 0.133. The van der Waals surface area contributed by atoms with Gasteiger partial charge in [-0.25, -0.2) is 0 Å². The van der Waals surface area contributed by atoms with E-state index in [0.29, 0.717) is 24.7 Å². The molecule has 0 spiro atoms. The van der Waals surface area contributed by atoms with Crippen LogP contribution in [0.5, 0.6) is 11.5 Å². The van der Waals surface area contributed by atoms with Crippen molar-refractivity contribution in [3.63, 3.8) is 0 Å². The Morgan fingerprint density at radius 3 is 1.58 bits per heavy atom. The highest BCUT2D eigenvalue weighted by Crippen LogP contribution is 2.43. The van der Waals surface area contributed by atoms with Gasteiger partial charge in [-0.15, -0.1) is 0 Å². The number of ether oxygens (including phenoxy) is 6. The lowest BCUT2D eigenvalue weighted by atomic mass is 10.0. The molecule has 0 saturated carbocycles. The zero-order chi connectivity index (χ0) is 31.0. The molecule has 0 aromatic heterocycles. The van der Waals surface area contributed by atoms with E-state index in [1.54, 1.807) is 13.8 Å². The van der Waals surface area contributed by atoms with Crippen LogP contribution in [-0.2, 0) is 28.5 Å². The lowest BCUT2D eigenvalue weighted by molar-refractivity contribution is -0.154. The molecule has 0 N–H and O–H groups in total. The van der Waals surface area contributed by atoms with Gasteiger partial charge in [0.1, 0.15) is 24.7 Å². The molecule has 236 valence electrons. The number of rotatable bonds is 20. The average molecular weight is 662 g/mol. The molecular weight excluding hydrogens is 616 g/mol. The van der Waals surface area contributed by atoms with Crippen LogP contribution in [0.1, 0.15) is 66.2 Å². The van der Waals surface area contributed by atoms with E-state index in [1.807, 2.05) is 42.5 Å². The molecule has 3 aromatic rings. The Bertz CT molecular complexity index is 1310. The summed E-state index contributed by atoms with van der Waals surface area (Å²) in [6.07, 6.45) is 3.35. The number of benzene rings is 3.